The first kappa shape index (κ1) is 16.0. The van der Waals surface area contributed by atoms with E-state index in [2.05, 4.69) is 16.8 Å². The van der Waals surface area contributed by atoms with Gasteiger partial charge in [-0.1, -0.05) is 20.3 Å². The van der Waals surface area contributed by atoms with E-state index in [-0.39, 0.29) is 17.7 Å². The van der Waals surface area contributed by atoms with E-state index < -0.39 is 11.6 Å². The van der Waals surface area contributed by atoms with Crippen LogP contribution in [0.3, 0.4) is 0 Å². The zero-order valence-electron chi connectivity index (χ0n) is 13.2. The summed E-state index contributed by atoms with van der Waals surface area (Å²) in [4.78, 5) is 26.9. The number of rotatable bonds is 5. The van der Waals surface area contributed by atoms with Crippen molar-refractivity contribution >= 4 is 23.2 Å². The van der Waals surface area contributed by atoms with Gasteiger partial charge in [0.05, 0.1) is 0 Å². The van der Waals surface area contributed by atoms with Crippen LogP contribution in [0.5, 0.6) is 0 Å². The van der Waals surface area contributed by atoms with Crippen LogP contribution in [0.15, 0.2) is 16.8 Å². The highest BCUT2D eigenvalue weighted by molar-refractivity contribution is 7.07. The van der Waals surface area contributed by atoms with Crippen LogP contribution >= 0.6 is 11.3 Å². The molecular weight excluding hydrogens is 284 g/mol. The average molecular weight is 308 g/mol. The topological polar surface area (TPSA) is 49.4 Å². The van der Waals surface area contributed by atoms with E-state index in [0.717, 1.165) is 12.8 Å². The number of piperazine rings is 1. The molecule has 1 fully saturated rings. The Morgan fingerprint density at radius 1 is 1.43 bits per heavy atom. The third-order valence-corrected chi connectivity index (χ3v) is 5.20. The van der Waals surface area contributed by atoms with Gasteiger partial charge in [0.1, 0.15) is 11.6 Å². The van der Waals surface area contributed by atoms with Crippen LogP contribution in [0.25, 0.3) is 0 Å². The quantitative estimate of drug-likeness (QED) is 0.908. The molecule has 116 valence electrons. The predicted molar refractivity (Wildman–Crippen MR) is 85.2 cm³/mol. The van der Waals surface area contributed by atoms with Crippen molar-refractivity contribution in [2.45, 2.75) is 52.1 Å². The zero-order chi connectivity index (χ0) is 15.6. The van der Waals surface area contributed by atoms with Gasteiger partial charge in [-0.05, 0) is 48.6 Å². The molecule has 1 aliphatic rings. The second-order valence-corrected chi connectivity index (χ2v) is 7.05. The van der Waals surface area contributed by atoms with Gasteiger partial charge in [0.2, 0.25) is 11.8 Å². The molecule has 2 amide bonds. The van der Waals surface area contributed by atoms with Crippen LogP contribution in [0.1, 0.15) is 39.7 Å². The molecule has 1 aliphatic heterocycles. The largest absolute Gasteiger partial charge is 0.342 e. The van der Waals surface area contributed by atoms with Crippen LogP contribution in [0, 0.1) is 5.92 Å². The smallest absolute Gasteiger partial charge is 0.246 e. The van der Waals surface area contributed by atoms with Gasteiger partial charge in [-0.25, -0.2) is 0 Å². The van der Waals surface area contributed by atoms with E-state index in [9.17, 15) is 9.59 Å². The number of amides is 2. The number of nitrogens with one attached hydrogen (secondary N) is 1. The molecule has 2 unspecified atom stereocenters. The normalized spacial score (nSPS) is 23.0. The van der Waals surface area contributed by atoms with Gasteiger partial charge in [-0.3, -0.25) is 9.59 Å². The molecule has 0 bridgehead atoms. The minimum absolute atomic E-state index is 0.0455. The monoisotopic (exact) mass is 308 g/mol. The Morgan fingerprint density at radius 3 is 2.71 bits per heavy atom. The maximum absolute atomic E-state index is 12.8. The van der Waals surface area contributed by atoms with Crippen molar-refractivity contribution in [3.63, 3.8) is 0 Å². The number of hydrogen-bond acceptors (Lipinski definition) is 3. The van der Waals surface area contributed by atoms with Crippen molar-refractivity contribution < 1.29 is 9.59 Å². The summed E-state index contributed by atoms with van der Waals surface area (Å²) in [5, 5.41) is 7.03. The van der Waals surface area contributed by atoms with E-state index in [1.807, 2.05) is 33.1 Å². The van der Waals surface area contributed by atoms with Crippen molar-refractivity contribution in [2.24, 2.45) is 5.92 Å². The van der Waals surface area contributed by atoms with Crippen LogP contribution in [-0.2, 0) is 16.0 Å². The summed E-state index contributed by atoms with van der Waals surface area (Å²) < 4.78 is 0. The number of carbonyl (C=O) groups is 2. The minimum atomic E-state index is -0.781. The van der Waals surface area contributed by atoms with E-state index in [4.69, 9.17) is 0 Å². The fourth-order valence-corrected chi connectivity index (χ4v) is 3.34. The van der Waals surface area contributed by atoms with Gasteiger partial charge < -0.3 is 10.2 Å². The predicted octanol–water partition coefficient (Wildman–Crippen LogP) is 2.44. The average Bonchev–Trinajstić information content (AvgIpc) is 2.95. The summed E-state index contributed by atoms with van der Waals surface area (Å²) in [6, 6.07) is 1.68. The summed E-state index contributed by atoms with van der Waals surface area (Å²) in [7, 11) is 0. The maximum atomic E-state index is 12.8. The van der Waals surface area contributed by atoms with Gasteiger partial charge in [-0.2, -0.15) is 11.3 Å². The van der Waals surface area contributed by atoms with E-state index in [1.54, 1.807) is 16.2 Å². The van der Waals surface area contributed by atoms with Crippen LogP contribution in [0.4, 0.5) is 0 Å². The molecule has 1 aromatic heterocycles. The van der Waals surface area contributed by atoms with Gasteiger partial charge in [0, 0.05) is 6.54 Å². The molecule has 2 atom stereocenters. The SMILES string of the molecule is CCC(C)C1NC(=O)C(C)(C)N(CCc2ccsc2)C1=O. The molecule has 0 spiro atoms. The Balaban J connectivity index is 2.17. The highest BCUT2D eigenvalue weighted by Crippen LogP contribution is 2.25. The Hall–Kier alpha value is -1.36. The molecule has 5 heteroatoms. The fraction of sp³-hybridized carbons (Fsp3) is 0.625. The lowest BCUT2D eigenvalue weighted by atomic mass is 9.89. The Labute approximate surface area is 130 Å². The second-order valence-electron chi connectivity index (χ2n) is 6.27. The summed E-state index contributed by atoms with van der Waals surface area (Å²) in [5.41, 5.74) is 0.437. The fourth-order valence-electron chi connectivity index (χ4n) is 2.63. The summed E-state index contributed by atoms with van der Waals surface area (Å²) in [5.74, 6) is 0.142. The lowest BCUT2D eigenvalue weighted by Crippen LogP contribution is -2.69. The molecule has 0 aromatic carbocycles. The van der Waals surface area contributed by atoms with Crippen molar-refractivity contribution in [3.05, 3.63) is 22.4 Å². The molecule has 2 rings (SSSR count). The van der Waals surface area contributed by atoms with Gasteiger partial charge in [0.15, 0.2) is 0 Å². The minimum Gasteiger partial charge on any atom is -0.342 e. The molecule has 1 N–H and O–H groups in total. The molecule has 1 aromatic rings. The molecule has 0 saturated carbocycles. The molecule has 1 saturated heterocycles. The summed E-state index contributed by atoms with van der Waals surface area (Å²) in [6.07, 6.45) is 1.66. The van der Waals surface area contributed by atoms with E-state index >= 15 is 0 Å². The van der Waals surface area contributed by atoms with Crippen LogP contribution in [0.2, 0.25) is 0 Å². The molecule has 2 heterocycles. The third kappa shape index (κ3) is 3.12. The number of hydrogen-bond donors (Lipinski definition) is 1. The first-order chi connectivity index (χ1) is 9.87. The van der Waals surface area contributed by atoms with Gasteiger partial charge >= 0.3 is 0 Å². The Morgan fingerprint density at radius 2 is 2.14 bits per heavy atom. The van der Waals surface area contributed by atoms with E-state index in [0.29, 0.717) is 6.54 Å². The maximum Gasteiger partial charge on any atom is 0.246 e. The van der Waals surface area contributed by atoms with Crippen molar-refractivity contribution in [2.75, 3.05) is 6.54 Å². The third-order valence-electron chi connectivity index (χ3n) is 4.47. The second kappa shape index (κ2) is 6.18. The number of thiophene rings is 1. The molecule has 21 heavy (non-hydrogen) atoms. The summed E-state index contributed by atoms with van der Waals surface area (Å²) in [6.45, 7) is 8.28. The highest BCUT2D eigenvalue weighted by atomic mass is 32.1. The summed E-state index contributed by atoms with van der Waals surface area (Å²) >= 11 is 1.65. The number of nitrogens with zero attached hydrogens (tertiary/aromatic N) is 1. The van der Waals surface area contributed by atoms with E-state index in [1.165, 1.54) is 5.56 Å². The van der Waals surface area contributed by atoms with Gasteiger partial charge in [-0.15, -0.1) is 0 Å². The Bertz CT molecular complexity index is 510. The van der Waals surface area contributed by atoms with Crippen molar-refractivity contribution in [1.29, 1.82) is 0 Å². The first-order valence-corrected chi connectivity index (χ1v) is 8.45. The first-order valence-electron chi connectivity index (χ1n) is 7.51. The van der Waals surface area contributed by atoms with Crippen LogP contribution < -0.4 is 5.32 Å². The molecule has 0 aliphatic carbocycles. The standard InChI is InChI=1S/C16H24N2O2S/c1-5-11(2)13-14(19)18(16(3,4)15(20)17-13)8-6-12-7-9-21-10-12/h7,9-11,13H,5-6,8H2,1-4H3,(H,17,20). The zero-order valence-corrected chi connectivity index (χ0v) is 14.0. The molecular formula is C16H24N2O2S. The molecule has 4 nitrogen and oxygen atoms in total. The highest BCUT2D eigenvalue weighted by Gasteiger charge is 2.47. The Kier molecular flexibility index (Phi) is 4.71. The lowest BCUT2D eigenvalue weighted by Gasteiger charge is -2.45. The number of carbonyl (C=O) groups excluding carboxylic acids is 2. The van der Waals surface area contributed by atoms with Crippen molar-refractivity contribution in [1.82, 2.24) is 10.2 Å². The molecule has 0 radical (unpaired) electrons. The lowest BCUT2D eigenvalue weighted by molar-refractivity contribution is -0.156. The van der Waals surface area contributed by atoms with Gasteiger partial charge in [0.25, 0.3) is 0 Å². The van der Waals surface area contributed by atoms with Crippen LogP contribution in [-0.4, -0.2) is 34.8 Å². The van der Waals surface area contributed by atoms with Crippen molar-refractivity contribution in [3.8, 4) is 0 Å².